The predicted molar refractivity (Wildman–Crippen MR) is 124 cm³/mol. The van der Waals surface area contributed by atoms with Crippen LogP contribution in [0.2, 0.25) is 10.0 Å². The van der Waals surface area contributed by atoms with Gasteiger partial charge in [0.15, 0.2) is 0 Å². The zero-order valence-electron chi connectivity index (χ0n) is 16.9. The summed E-state index contributed by atoms with van der Waals surface area (Å²) in [7, 11) is 0. The summed E-state index contributed by atoms with van der Waals surface area (Å²) < 4.78 is 11.0. The molecule has 0 aliphatic carbocycles. The fourth-order valence-electron chi connectivity index (χ4n) is 2.29. The molecule has 0 heterocycles. The van der Waals surface area contributed by atoms with Gasteiger partial charge in [-0.2, -0.15) is 5.10 Å². The molecule has 0 radical (unpaired) electrons. The average molecular weight is 450 g/mol. The van der Waals surface area contributed by atoms with Crippen LogP contribution >= 0.6 is 23.2 Å². The van der Waals surface area contributed by atoms with E-state index in [0.717, 1.165) is 11.1 Å². The van der Waals surface area contributed by atoms with Crippen LogP contribution in [0.15, 0.2) is 63.8 Å². The zero-order valence-corrected chi connectivity index (χ0v) is 18.5. The van der Waals surface area contributed by atoms with Gasteiger partial charge in [-0.3, -0.25) is 0 Å². The summed E-state index contributed by atoms with van der Waals surface area (Å²) in [5.74, 6) is 0.0286. The number of ether oxygens (including phenoxy) is 2. The Bertz CT molecular complexity index is 881. The Hall–Kier alpha value is -2.45. The van der Waals surface area contributed by atoms with Crippen LogP contribution in [0, 0.1) is 0 Å². The van der Waals surface area contributed by atoms with Gasteiger partial charge in [-0.15, -0.1) is 10.2 Å². The minimum absolute atomic E-state index is 0.0286. The lowest BCUT2D eigenvalue weighted by Crippen LogP contribution is -2.29. The standard InChI is InChI=1S/C21H25Cl2N5O2/c1-3-29-13-19(15-5-9-17(22)10-6-15)25-27-21(24)28-26-20(14-30-4-2)16-7-11-18(23)12-8-16/h5-12H,3-4,13-14H2,1-2H3,(H3,24,27,28)/b25-19+,26-20+. The second-order valence-electron chi connectivity index (χ2n) is 5.99. The summed E-state index contributed by atoms with van der Waals surface area (Å²) in [6, 6.07) is 14.5. The second kappa shape index (κ2) is 13.0. The van der Waals surface area contributed by atoms with E-state index in [1.807, 2.05) is 38.1 Å². The first kappa shape index (κ1) is 23.8. The molecule has 0 spiro atoms. The summed E-state index contributed by atoms with van der Waals surface area (Å²) in [5, 5.41) is 13.8. The fourth-order valence-corrected chi connectivity index (χ4v) is 2.55. The number of nitrogens with two attached hydrogens (primary N) is 1. The quantitative estimate of drug-likeness (QED) is 0.324. The van der Waals surface area contributed by atoms with Crippen molar-refractivity contribution in [1.29, 1.82) is 0 Å². The van der Waals surface area contributed by atoms with Gasteiger partial charge >= 0.3 is 0 Å². The van der Waals surface area contributed by atoms with E-state index in [4.69, 9.17) is 38.4 Å². The summed E-state index contributed by atoms with van der Waals surface area (Å²) in [6.45, 7) is 5.53. The van der Waals surface area contributed by atoms with Crippen LogP contribution in [0.1, 0.15) is 25.0 Å². The maximum atomic E-state index is 5.96. The van der Waals surface area contributed by atoms with Gasteiger partial charge < -0.3 is 15.2 Å². The third-order valence-corrected chi connectivity index (χ3v) is 4.33. The van der Waals surface area contributed by atoms with Crippen molar-refractivity contribution in [3.63, 3.8) is 0 Å². The largest absolute Gasteiger partial charge is 0.375 e. The number of rotatable bonds is 10. The van der Waals surface area contributed by atoms with E-state index < -0.39 is 0 Å². The number of halogens is 2. The van der Waals surface area contributed by atoms with E-state index in [1.54, 1.807) is 24.3 Å². The van der Waals surface area contributed by atoms with Gasteiger partial charge in [0.2, 0.25) is 5.96 Å². The van der Waals surface area contributed by atoms with Gasteiger partial charge in [0, 0.05) is 34.4 Å². The second-order valence-corrected chi connectivity index (χ2v) is 6.86. The van der Waals surface area contributed by atoms with Crippen molar-refractivity contribution in [2.45, 2.75) is 13.8 Å². The molecule has 0 aromatic heterocycles. The van der Waals surface area contributed by atoms with Crippen molar-refractivity contribution in [1.82, 2.24) is 5.43 Å². The van der Waals surface area contributed by atoms with Crippen molar-refractivity contribution >= 4 is 40.6 Å². The number of nitrogens with one attached hydrogen (secondary N) is 1. The lowest BCUT2D eigenvalue weighted by Gasteiger charge is -2.08. The number of guanidine groups is 1. The number of hydrogen-bond acceptors (Lipinski definition) is 5. The molecule has 0 amide bonds. The van der Waals surface area contributed by atoms with E-state index in [9.17, 15) is 0 Å². The van der Waals surface area contributed by atoms with Crippen LogP contribution in [0.3, 0.4) is 0 Å². The Kier molecular flexibility index (Phi) is 10.3. The van der Waals surface area contributed by atoms with Gasteiger partial charge in [-0.1, -0.05) is 47.5 Å². The third-order valence-electron chi connectivity index (χ3n) is 3.82. The molecule has 0 atom stereocenters. The van der Waals surface area contributed by atoms with Crippen molar-refractivity contribution in [3.05, 3.63) is 69.7 Å². The summed E-state index contributed by atoms with van der Waals surface area (Å²) in [4.78, 5) is 0. The highest BCUT2D eigenvalue weighted by Crippen LogP contribution is 2.12. The Morgan fingerprint density at radius 3 is 1.77 bits per heavy atom. The molecule has 30 heavy (non-hydrogen) atoms. The maximum Gasteiger partial charge on any atom is 0.234 e. The van der Waals surface area contributed by atoms with E-state index in [2.05, 4.69) is 20.7 Å². The molecule has 0 saturated carbocycles. The third kappa shape index (κ3) is 8.12. The van der Waals surface area contributed by atoms with Gasteiger partial charge in [-0.25, -0.2) is 5.43 Å². The smallest absolute Gasteiger partial charge is 0.234 e. The maximum absolute atomic E-state index is 5.96. The number of nitrogens with zero attached hydrogens (tertiary/aromatic N) is 3. The first-order valence-electron chi connectivity index (χ1n) is 9.43. The Balaban J connectivity index is 2.18. The summed E-state index contributed by atoms with van der Waals surface area (Å²) in [5.41, 5.74) is 11.6. The lowest BCUT2D eigenvalue weighted by atomic mass is 10.1. The van der Waals surface area contributed by atoms with Crippen molar-refractivity contribution in [2.24, 2.45) is 21.0 Å². The molecule has 0 aliphatic rings. The van der Waals surface area contributed by atoms with E-state index in [1.165, 1.54) is 0 Å². The van der Waals surface area contributed by atoms with E-state index in [0.29, 0.717) is 47.9 Å². The normalized spacial score (nSPS) is 12.9. The molecule has 0 fully saturated rings. The molecule has 160 valence electrons. The Morgan fingerprint density at radius 1 is 0.800 bits per heavy atom. The average Bonchev–Trinajstić information content (AvgIpc) is 2.75. The van der Waals surface area contributed by atoms with Crippen LogP contribution in [0.4, 0.5) is 0 Å². The SMILES string of the molecule is CCOC/C(=N\N=C(N)N/N=C(\COCC)c1ccc(Cl)cc1)c1ccc(Cl)cc1. The number of benzene rings is 2. The molecule has 0 aliphatic heterocycles. The minimum atomic E-state index is 0.0286. The van der Waals surface area contributed by atoms with Gasteiger partial charge in [0.05, 0.1) is 24.6 Å². The van der Waals surface area contributed by atoms with Crippen LogP contribution < -0.4 is 11.2 Å². The predicted octanol–water partition coefficient (Wildman–Crippen LogP) is 4.08. The van der Waals surface area contributed by atoms with Crippen molar-refractivity contribution in [3.8, 4) is 0 Å². The van der Waals surface area contributed by atoms with Crippen LogP contribution in [0.25, 0.3) is 0 Å². The fraction of sp³-hybridized carbons (Fsp3) is 0.286. The van der Waals surface area contributed by atoms with E-state index >= 15 is 0 Å². The molecule has 3 N–H and O–H groups in total. The molecule has 2 aromatic carbocycles. The molecule has 0 unspecified atom stereocenters. The van der Waals surface area contributed by atoms with Gasteiger partial charge in [-0.05, 0) is 38.1 Å². The highest BCUT2D eigenvalue weighted by Gasteiger charge is 2.06. The molecular weight excluding hydrogens is 425 g/mol. The number of hydrogen-bond donors (Lipinski definition) is 2. The van der Waals surface area contributed by atoms with Gasteiger partial charge in [0.25, 0.3) is 0 Å². The zero-order chi connectivity index (χ0) is 21.8. The lowest BCUT2D eigenvalue weighted by molar-refractivity contribution is 0.187. The molecule has 7 nitrogen and oxygen atoms in total. The first-order valence-corrected chi connectivity index (χ1v) is 10.2. The van der Waals surface area contributed by atoms with Crippen LogP contribution in [-0.4, -0.2) is 43.8 Å². The highest BCUT2D eigenvalue weighted by molar-refractivity contribution is 6.31. The Morgan fingerprint density at radius 2 is 1.27 bits per heavy atom. The monoisotopic (exact) mass is 449 g/mol. The molecule has 9 heteroatoms. The highest BCUT2D eigenvalue weighted by atomic mass is 35.5. The number of hydrazone groups is 1. The molecule has 2 rings (SSSR count). The summed E-state index contributed by atoms with van der Waals surface area (Å²) >= 11 is 11.9. The molecule has 0 saturated heterocycles. The van der Waals surface area contributed by atoms with Crippen LogP contribution in [-0.2, 0) is 9.47 Å². The molecule has 0 bridgehead atoms. The Labute approximate surface area is 186 Å². The minimum Gasteiger partial charge on any atom is -0.375 e. The van der Waals surface area contributed by atoms with Crippen LogP contribution in [0.5, 0.6) is 0 Å². The topological polar surface area (TPSA) is 93.6 Å². The van der Waals surface area contributed by atoms with E-state index in [-0.39, 0.29) is 5.96 Å². The van der Waals surface area contributed by atoms with Crippen molar-refractivity contribution in [2.75, 3.05) is 26.4 Å². The molecule has 2 aromatic rings. The van der Waals surface area contributed by atoms with Gasteiger partial charge in [0.1, 0.15) is 0 Å². The summed E-state index contributed by atoms with van der Waals surface area (Å²) in [6.07, 6.45) is 0. The molecular formula is C21H25Cl2N5O2. The first-order chi connectivity index (χ1) is 14.5. The van der Waals surface area contributed by atoms with Crippen molar-refractivity contribution < 1.29 is 9.47 Å².